The van der Waals surface area contributed by atoms with Crippen LogP contribution in [0.4, 0.5) is 5.69 Å². The minimum atomic E-state index is 0.0535. The number of nitrogens with one attached hydrogen (secondary N) is 5. The Morgan fingerprint density at radius 2 is 2.11 bits per heavy atom. The van der Waals surface area contributed by atoms with Crippen LogP contribution in [-0.4, -0.2) is 45.2 Å². The molecule has 1 aromatic carbocycles. The van der Waals surface area contributed by atoms with E-state index >= 15 is 0 Å². The van der Waals surface area contributed by atoms with Crippen LogP contribution < -0.4 is 31.3 Å². The molecule has 152 valence electrons. The molecule has 3 unspecified atom stereocenters. The average molecular weight is 384 g/mol. The van der Waals surface area contributed by atoms with E-state index < -0.39 is 0 Å². The van der Waals surface area contributed by atoms with Crippen molar-refractivity contribution in [1.82, 2.24) is 21.3 Å². The smallest absolute Gasteiger partial charge is 0.133 e. The molecule has 5 N–H and O–H groups in total. The summed E-state index contributed by atoms with van der Waals surface area (Å²) in [5, 5.41) is 17.8. The standard InChI is InChI=1S/C22H33N5O/c1-13-6-20(23-2)27-22(25-13)26-18-9-14-4-3-5-28-21(14)19(10-18)15-7-16-11-24-12-17(16)8-15/h7,9-10,13,16-17,20,22-27H,3-6,8,11-12H2,1-2H3/t13?,16-,17+,20?,22?/m0/s1. The SMILES string of the molecule is CNC1CC(C)NC(Nc2cc3c(c(C4=C[C@H]5CNC[C@H]5C4)c2)OCCC3)N1. The minimum Gasteiger partial charge on any atom is -0.493 e. The number of allylic oxidation sites excluding steroid dienone is 1. The van der Waals surface area contributed by atoms with E-state index in [0.717, 1.165) is 57.0 Å². The quantitative estimate of drug-likeness (QED) is 0.547. The molecule has 0 aromatic heterocycles. The van der Waals surface area contributed by atoms with Crippen molar-refractivity contribution >= 4 is 11.3 Å². The molecule has 3 heterocycles. The fourth-order valence-corrected chi connectivity index (χ4v) is 5.26. The Kier molecular flexibility index (Phi) is 5.05. The van der Waals surface area contributed by atoms with Gasteiger partial charge in [-0.25, -0.2) is 0 Å². The van der Waals surface area contributed by atoms with Gasteiger partial charge in [0.1, 0.15) is 12.0 Å². The highest BCUT2D eigenvalue weighted by Gasteiger charge is 2.33. The first-order chi connectivity index (χ1) is 13.7. The topological polar surface area (TPSA) is 69.4 Å². The van der Waals surface area contributed by atoms with E-state index in [1.54, 1.807) is 0 Å². The van der Waals surface area contributed by atoms with Gasteiger partial charge in [0.2, 0.25) is 0 Å². The van der Waals surface area contributed by atoms with Crippen LogP contribution in [0, 0.1) is 11.8 Å². The third-order valence-electron chi connectivity index (χ3n) is 6.71. The molecule has 1 aromatic rings. The summed E-state index contributed by atoms with van der Waals surface area (Å²) in [5.41, 5.74) is 5.30. The molecule has 0 amide bonds. The molecule has 1 aliphatic carbocycles. The van der Waals surface area contributed by atoms with E-state index in [4.69, 9.17) is 4.74 Å². The summed E-state index contributed by atoms with van der Waals surface area (Å²) < 4.78 is 6.16. The van der Waals surface area contributed by atoms with Gasteiger partial charge in [0, 0.05) is 23.8 Å². The van der Waals surface area contributed by atoms with Crippen molar-refractivity contribution < 1.29 is 4.74 Å². The summed E-state index contributed by atoms with van der Waals surface area (Å²) >= 11 is 0. The van der Waals surface area contributed by atoms with E-state index in [-0.39, 0.29) is 6.29 Å². The lowest BCUT2D eigenvalue weighted by molar-refractivity contribution is 0.249. The third kappa shape index (κ3) is 3.54. The molecule has 5 atom stereocenters. The third-order valence-corrected chi connectivity index (χ3v) is 6.71. The Balaban J connectivity index is 1.43. The van der Waals surface area contributed by atoms with Gasteiger partial charge in [0.05, 0.1) is 12.8 Å². The second-order valence-corrected chi connectivity index (χ2v) is 8.83. The molecule has 6 heteroatoms. The van der Waals surface area contributed by atoms with Crippen LogP contribution >= 0.6 is 0 Å². The van der Waals surface area contributed by atoms with Crippen molar-refractivity contribution in [2.24, 2.45) is 11.8 Å². The van der Waals surface area contributed by atoms with E-state index in [1.165, 1.54) is 22.4 Å². The van der Waals surface area contributed by atoms with E-state index in [0.29, 0.717) is 18.1 Å². The van der Waals surface area contributed by atoms with E-state index in [1.807, 2.05) is 7.05 Å². The summed E-state index contributed by atoms with van der Waals surface area (Å²) in [6, 6.07) is 5.05. The van der Waals surface area contributed by atoms with Crippen LogP contribution in [-0.2, 0) is 6.42 Å². The van der Waals surface area contributed by atoms with Crippen LogP contribution in [0.2, 0.25) is 0 Å². The number of hydrogen-bond donors (Lipinski definition) is 5. The van der Waals surface area contributed by atoms with Gasteiger partial charge < -0.3 is 20.7 Å². The zero-order valence-electron chi connectivity index (χ0n) is 17.0. The predicted octanol–water partition coefficient (Wildman–Crippen LogP) is 1.85. The molecule has 4 aliphatic rings. The lowest BCUT2D eigenvalue weighted by atomic mass is 9.94. The van der Waals surface area contributed by atoms with Crippen LogP contribution in [0.5, 0.6) is 5.75 Å². The van der Waals surface area contributed by atoms with Crippen molar-refractivity contribution in [3.8, 4) is 5.75 Å². The number of benzene rings is 1. The van der Waals surface area contributed by atoms with Crippen LogP contribution in [0.25, 0.3) is 5.57 Å². The fourth-order valence-electron chi connectivity index (χ4n) is 5.26. The molecule has 0 bridgehead atoms. The number of anilines is 1. The van der Waals surface area contributed by atoms with Crippen molar-refractivity contribution in [2.75, 3.05) is 32.1 Å². The maximum absolute atomic E-state index is 6.16. The Labute approximate surface area is 167 Å². The van der Waals surface area contributed by atoms with Crippen LogP contribution in [0.3, 0.4) is 0 Å². The van der Waals surface area contributed by atoms with Crippen molar-refractivity contribution in [3.05, 3.63) is 29.3 Å². The Morgan fingerprint density at radius 1 is 1.18 bits per heavy atom. The van der Waals surface area contributed by atoms with Gasteiger partial charge in [-0.15, -0.1) is 0 Å². The van der Waals surface area contributed by atoms with Gasteiger partial charge >= 0.3 is 0 Å². The van der Waals surface area contributed by atoms with Gasteiger partial charge in [-0.3, -0.25) is 10.6 Å². The highest BCUT2D eigenvalue weighted by atomic mass is 16.5. The highest BCUT2D eigenvalue weighted by molar-refractivity contribution is 5.77. The zero-order chi connectivity index (χ0) is 19.1. The molecule has 2 fully saturated rings. The lowest BCUT2D eigenvalue weighted by Crippen LogP contribution is -2.63. The summed E-state index contributed by atoms with van der Waals surface area (Å²) in [6.07, 6.45) is 7.30. The number of rotatable bonds is 4. The van der Waals surface area contributed by atoms with E-state index in [9.17, 15) is 0 Å². The van der Waals surface area contributed by atoms with Crippen LogP contribution in [0.15, 0.2) is 18.2 Å². The first kappa shape index (κ1) is 18.4. The zero-order valence-corrected chi connectivity index (χ0v) is 17.0. The summed E-state index contributed by atoms with van der Waals surface area (Å²) in [6.45, 7) is 5.34. The number of ether oxygens (including phenoxy) is 1. The molecule has 2 saturated heterocycles. The fraction of sp³-hybridized carbons (Fsp3) is 0.636. The normalized spacial score (nSPS) is 34.4. The monoisotopic (exact) mass is 383 g/mol. The molecule has 0 spiro atoms. The van der Waals surface area contributed by atoms with Gasteiger partial charge in [-0.05, 0) is 81.3 Å². The minimum absolute atomic E-state index is 0.0535. The summed E-state index contributed by atoms with van der Waals surface area (Å²) in [5.74, 6) is 2.57. The Bertz CT molecular complexity index is 764. The Hall–Kier alpha value is -1.60. The molecule has 3 aliphatic heterocycles. The maximum Gasteiger partial charge on any atom is 0.133 e. The average Bonchev–Trinajstić information content (AvgIpc) is 3.29. The maximum atomic E-state index is 6.16. The van der Waals surface area contributed by atoms with Crippen molar-refractivity contribution in [1.29, 1.82) is 0 Å². The van der Waals surface area contributed by atoms with Gasteiger partial charge in [-0.1, -0.05) is 6.08 Å². The molecular weight excluding hydrogens is 350 g/mol. The Morgan fingerprint density at radius 3 is 2.96 bits per heavy atom. The van der Waals surface area contributed by atoms with Gasteiger partial charge in [0.25, 0.3) is 0 Å². The summed E-state index contributed by atoms with van der Waals surface area (Å²) in [4.78, 5) is 0. The van der Waals surface area contributed by atoms with Gasteiger partial charge in [0.15, 0.2) is 0 Å². The molecule has 6 nitrogen and oxygen atoms in total. The first-order valence-electron chi connectivity index (χ1n) is 10.9. The van der Waals surface area contributed by atoms with Crippen molar-refractivity contribution in [3.63, 3.8) is 0 Å². The second kappa shape index (κ2) is 7.67. The molecule has 5 rings (SSSR count). The summed E-state index contributed by atoms with van der Waals surface area (Å²) in [7, 11) is 2.01. The van der Waals surface area contributed by atoms with Crippen molar-refractivity contribution in [2.45, 2.75) is 51.1 Å². The highest BCUT2D eigenvalue weighted by Crippen LogP contribution is 2.44. The lowest BCUT2D eigenvalue weighted by Gasteiger charge is -2.37. The van der Waals surface area contributed by atoms with E-state index in [2.05, 4.69) is 51.7 Å². The second-order valence-electron chi connectivity index (χ2n) is 8.83. The number of fused-ring (bicyclic) bond motifs is 2. The first-order valence-corrected chi connectivity index (χ1v) is 10.9. The molecule has 0 saturated carbocycles. The van der Waals surface area contributed by atoms with Gasteiger partial charge in [-0.2, -0.15) is 0 Å². The molecular formula is C22H33N5O. The molecule has 0 radical (unpaired) electrons. The molecule has 28 heavy (non-hydrogen) atoms. The number of aryl methyl sites for hydroxylation is 1. The predicted molar refractivity (Wildman–Crippen MR) is 113 cm³/mol. The number of hydrogen-bond acceptors (Lipinski definition) is 6. The van der Waals surface area contributed by atoms with Crippen LogP contribution in [0.1, 0.15) is 37.3 Å². The largest absolute Gasteiger partial charge is 0.493 e.